The molecule has 21 heavy (non-hydrogen) atoms. The first-order chi connectivity index (χ1) is 9.72. The summed E-state index contributed by atoms with van der Waals surface area (Å²) in [6.45, 7) is 2.88. The molecule has 0 heterocycles. The second kappa shape index (κ2) is 5.33. The maximum atomic E-state index is 13.7. The lowest BCUT2D eigenvalue weighted by atomic mass is 10.2. The van der Waals surface area contributed by atoms with Crippen molar-refractivity contribution in [2.75, 3.05) is 10.5 Å². The molecule has 0 fully saturated rings. The molecule has 4 nitrogen and oxygen atoms in total. The average Bonchev–Trinajstić information content (AvgIpc) is 2.38. The standard InChI is InChI=1S/C14H14F2N2O2S/c1-8-4-3-5-11(15)14(8)18-21(19,20)13-7-10(17)6-12(16)9(13)2/h3-7,18H,17H2,1-2H3. The van der Waals surface area contributed by atoms with Crippen LogP contribution in [0.1, 0.15) is 11.1 Å². The number of benzene rings is 2. The van der Waals surface area contributed by atoms with E-state index in [1.807, 2.05) is 0 Å². The average molecular weight is 312 g/mol. The number of rotatable bonds is 3. The highest BCUT2D eigenvalue weighted by molar-refractivity contribution is 7.92. The lowest BCUT2D eigenvalue weighted by Gasteiger charge is -2.14. The van der Waals surface area contributed by atoms with Crippen molar-refractivity contribution in [1.29, 1.82) is 0 Å². The van der Waals surface area contributed by atoms with E-state index in [9.17, 15) is 17.2 Å². The van der Waals surface area contributed by atoms with Gasteiger partial charge in [0.2, 0.25) is 0 Å². The molecule has 3 N–H and O–H groups in total. The van der Waals surface area contributed by atoms with Crippen LogP contribution < -0.4 is 10.5 Å². The molecule has 0 saturated carbocycles. The predicted octanol–water partition coefficient (Wildman–Crippen LogP) is 2.96. The molecule has 2 aromatic carbocycles. The Kier molecular flexibility index (Phi) is 3.87. The zero-order valence-electron chi connectivity index (χ0n) is 11.4. The van der Waals surface area contributed by atoms with Crippen LogP contribution in [0.2, 0.25) is 0 Å². The van der Waals surface area contributed by atoms with E-state index in [4.69, 9.17) is 5.73 Å². The summed E-state index contributed by atoms with van der Waals surface area (Å²) in [7, 11) is -4.14. The fourth-order valence-electron chi connectivity index (χ4n) is 1.90. The van der Waals surface area contributed by atoms with E-state index < -0.39 is 21.7 Å². The van der Waals surface area contributed by atoms with E-state index in [1.54, 1.807) is 13.0 Å². The molecule has 7 heteroatoms. The van der Waals surface area contributed by atoms with E-state index in [-0.39, 0.29) is 21.8 Å². The van der Waals surface area contributed by atoms with Crippen molar-refractivity contribution < 1.29 is 17.2 Å². The SMILES string of the molecule is Cc1cccc(F)c1NS(=O)(=O)c1cc(N)cc(F)c1C. The van der Waals surface area contributed by atoms with Gasteiger partial charge in [0.15, 0.2) is 0 Å². The molecule has 112 valence electrons. The van der Waals surface area contributed by atoms with Crippen molar-refractivity contribution in [3.05, 3.63) is 53.1 Å². The molecular formula is C14H14F2N2O2S. The molecule has 0 amide bonds. The number of anilines is 2. The Labute approximate surface area is 121 Å². The van der Waals surface area contributed by atoms with Gasteiger partial charge in [-0.25, -0.2) is 17.2 Å². The third kappa shape index (κ3) is 2.97. The molecule has 0 unspecified atom stereocenters. The van der Waals surface area contributed by atoms with Crippen LogP contribution in [0.5, 0.6) is 0 Å². The number of nitrogens with one attached hydrogen (secondary N) is 1. The van der Waals surface area contributed by atoms with Gasteiger partial charge in [-0.05, 0) is 37.6 Å². The van der Waals surface area contributed by atoms with Gasteiger partial charge in [-0.3, -0.25) is 4.72 Å². The van der Waals surface area contributed by atoms with Crippen LogP contribution in [0.3, 0.4) is 0 Å². The van der Waals surface area contributed by atoms with E-state index in [2.05, 4.69) is 4.72 Å². The molecule has 0 radical (unpaired) electrons. The number of hydrogen-bond donors (Lipinski definition) is 2. The minimum absolute atomic E-state index is 0.0243. The van der Waals surface area contributed by atoms with Crippen molar-refractivity contribution in [1.82, 2.24) is 0 Å². The number of nitrogens with two attached hydrogens (primary N) is 1. The number of halogens is 2. The van der Waals surface area contributed by atoms with Gasteiger partial charge in [0.05, 0.1) is 10.6 Å². The van der Waals surface area contributed by atoms with Crippen LogP contribution in [-0.2, 0) is 10.0 Å². The molecule has 2 aromatic rings. The lowest BCUT2D eigenvalue weighted by Crippen LogP contribution is -2.17. The van der Waals surface area contributed by atoms with Crippen LogP contribution >= 0.6 is 0 Å². The normalized spacial score (nSPS) is 11.4. The molecule has 0 saturated heterocycles. The summed E-state index contributed by atoms with van der Waals surface area (Å²) in [5.74, 6) is -1.44. The molecular weight excluding hydrogens is 298 g/mol. The first-order valence-electron chi connectivity index (χ1n) is 6.06. The summed E-state index contributed by atoms with van der Waals surface area (Å²) in [6, 6.07) is 6.33. The van der Waals surface area contributed by atoms with E-state index in [0.717, 1.165) is 18.2 Å². The summed E-state index contributed by atoms with van der Waals surface area (Å²) in [6.07, 6.45) is 0. The molecule has 0 bridgehead atoms. The third-order valence-corrected chi connectivity index (χ3v) is 4.54. The van der Waals surface area contributed by atoms with Gasteiger partial charge in [0, 0.05) is 11.3 Å². The maximum absolute atomic E-state index is 13.7. The Balaban J connectivity index is 2.54. The van der Waals surface area contributed by atoms with Crippen molar-refractivity contribution >= 4 is 21.4 Å². The quantitative estimate of drug-likeness (QED) is 0.856. The number of para-hydroxylation sites is 1. The predicted molar refractivity (Wildman–Crippen MR) is 77.5 cm³/mol. The maximum Gasteiger partial charge on any atom is 0.262 e. The van der Waals surface area contributed by atoms with Gasteiger partial charge in [0.1, 0.15) is 11.6 Å². The molecule has 0 aromatic heterocycles. The number of aryl methyl sites for hydroxylation is 1. The van der Waals surface area contributed by atoms with Crippen LogP contribution in [0.4, 0.5) is 20.2 Å². The summed E-state index contributed by atoms with van der Waals surface area (Å²) < 4.78 is 54.2. The molecule has 0 spiro atoms. The largest absolute Gasteiger partial charge is 0.399 e. The van der Waals surface area contributed by atoms with Crippen molar-refractivity contribution in [3.8, 4) is 0 Å². The number of nitrogen functional groups attached to an aromatic ring is 1. The summed E-state index contributed by atoms with van der Waals surface area (Å²) in [4.78, 5) is -0.317. The molecule has 0 aliphatic rings. The van der Waals surface area contributed by atoms with Crippen molar-refractivity contribution in [2.45, 2.75) is 18.7 Å². The Morgan fingerprint density at radius 1 is 1.10 bits per heavy atom. The van der Waals surface area contributed by atoms with Crippen molar-refractivity contribution in [2.24, 2.45) is 0 Å². The van der Waals surface area contributed by atoms with Gasteiger partial charge >= 0.3 is 0 Å². The van der Waals surface area contributed by atoms with Gasteiger partial charge in [-0.2, -0.15) is 0 Å². The highest BCUT2D eigenvalue weighted by Crippen LogP contribution is 2.26. The van der Waals surface area contributed by atoms with Crippen LogP contribution in [0, 0.1) is 25.5 Å². The minimum Gasteiger partial charge on any atom is -0.399 e. The number of hydrogen-bond acceptors (Lipinski definition) is 3. The van der Waals surface area contributed by atoms with E-state index in [0.29, 0.717) is 5.56 Å². The second-order valence-corrected chi connectivity index (χ2v) is 6.31. The fourth-order valence-corrected chi connectivity index (χ4v) is 3.33. The molecule has 0 aliphatic heterocycles. The topological polar surface area (TPSA) is 72.2 Å². The molecule has 0 aliphatic carbocycles. The first-order valence-corrected chi connectivity index (χ1v) is 7.54. The Hall–Kier alpha value is -2.15. The zero-order valence-corrected chi connectivity index (χ0v) is 12.3. The van der Waals surface area contributed by atoms with Gasteiger partial charge < -0.3 is 5.73 Å². The van der Waals surface area contributed by atoms with Crippen LogP contribution in [0.25, 0.3) is 0 Å². The van der Waals surface area contributed by atoms with E-state index in [1.165, 1.54) is 13.0 Å². The summed E-state index contributed by atoms with van der Waals surface area (Å²) in [5.41, 5.74) is 5.62. The van der Waals surface area contributed by atoms with Crippen molar-refractivity contribution in [3.63, 3.8) is 0 Å². The van der Waals surface area contributed by atoms with Gasteiger partial charge in [-0.1, -0.05) is 12.1 Å². The Bertz CT molecular complexity index is 785. The van der Waals surface area contributed by atoms with Crippen LogP contribution in [0.15, 0.2) is 35.2 Å². The highest BCUT2D eigenvalue weighted by Gasteiger charge is 2.22. The van der Waals surface area contributed by atoms with Crippen LogP contribution in [-0.4, -0.2) is 8.42 Å². The number of sulfonamides is 1. The monoisotopic (exact) mass is 312 g/mol. The molecule has 0 atom stereocenters. The van der Waals surface area contributed by atoms with Gasteiger partial charge in [0.25, 0.3) is 10.0 Å². The molecule has 2 rings (SSSR count). The minimum atomic E-state index is -4.14. The zero-order chi connectivity index (χ0) is 15.8. The summed E-state index contributed by atoms with van der Waals surface area (Å²) >= 11 is 0. The first kappa shape index (κ1) is 15.2. The van der Waals surface area contributed by atoms with E-state index >= 15 is 0 Å². The van der Waals surface area contributed by atoms with Gasteiger partial charge in [-0.15, -0.1) is 0 Å². The third-order valence-electron chi connectivity index (χ3n) is 3.07. The highest BCUT2D eigenvalue weighted by atomic mass is 32.2. The second-order valence-electron chi connectivity index (χ2n) is 4.66. The lowest BCUT2D eigenvalue weighted by molar-refractivity contribution is 0.589. The Morgan fingerprint density at radius 2 is 1.76 bits per heavy atom. The Morgan fingerprint density at radius 3 is 2.38 bits per heavy atom. The summed E-state index contributed by atoms with van der Waals surface area (Å²) in [5, 5.41) is 0. The fraction of sp³-hybridized carbons (Fsp3) is 0.143. The smallest absolute Gasteiger partial charge is 0.262 e.